The molecule has 0 saturated carbocycles. The lowest BCUT2D eigenvalue weighted by Crippen LogP contribution is -2.34. The maximum absolute atomic E-state index is 12.8. The molecule has 1 aliphatic heterocycles. The summed E-state index contributed by atoms with van der Waals surface area (Å²) in [5.41, 5.74) is 5.56. The first kappa shape index (κ1) is 23.8. The van der Waals surface area contributed by atoms with Crippen molar-refractivity contribution in [3.8, 4) is 11.1 Å². The molecule has 3 aromatic rings. The van der Waals surface area contributed by atoms with E-state index in [1.165, 1.54) is 0 Å². The minimum atomic E-state index is -0.134. The smallest absolute Gasteiger partial charge is 0.267 e. The van der Waals surface area contributed by atoms with E-state index < -0.39 is 0 Å². The Morgan fingerprint density at radius 3 is 2.65 bits per heavy atom. The van der Waals surface area contributed by atoms with Crippen LogP contribution in [-0.4, -0.2) is 47.9 Å². The summed E-state index contributed by atoms with van der Waals surface area (Å²) in [4.78, 5) is 30.7. The van der Waals surface area contributed by atoms with Crippen LogP contribution < -0.4 is 10.6 Å². The molecule has 4 rings (SSSR count). The Morgan fingerprint density at radius 1 is 1.09 bits per heavy atom. The van der Waals surface area contributed by atoms with E-state index in [1.807, 2.05) is 54.6 Å². The van der Waals surface area contributed by atoms with Crippen LogP contribution in [0.2, 0.25) is 5.02 Å². The van der Waals surface area contributed by atoms with Gasteiger partial charge in [0.15, 0.2) is 0 Å². The van der Waals surface area contributed by atoms with Crippen LogP contribution in [0.4, 0.5) is 5.69 Å². The lowest BCUT2D eigenvalue weighted by molar-refractivity contribution is -0.110. The number of hydrogen-bond donors (Lipinski definition) is 3. The van der Waals surface area contributed by atoms with E-state index in [1.54, 1.807) is 6.07 Å². The number of aromatic amines is 1. The van der Waals surface area contributed by atoms with Crippen molar-refractivity contribution in [3.63, 3.8) is 0 Å². The number of benzene rings is 2. The molecule has 2 aromatic carbocycles. The standard InChI is InChI=1S/C27H29ClN4O2/c1-3-32(4-2)16-15-29-27(34)24-14-12-20(30-24)11-13-22-25-21(18-7-5-8-19(28)17-18)9-6-10-23(25)31-26(22)33/h5-10,12-14,17,30H,3-4,11,15-16H2,1-2H3,(H,29,34)(H,31,33)/b22-13-. The summed E-state index contributed by atoms with van der Waals surface area (Å²) in [6.07, 6.45) is 2.40. The van der Waals surface area contributed by atoms with E-state index in [-0.39, 0.29) is 11.8 Å². The number of anilines is 1. The van der Waals surface area contributed by atoms with Crippen molar-refractivity contribution in [3.05, 3.63) is 82.6 Å². The number of hydrogen-bond acceptors (Lipinski definition) is 3. The summed E-state index contributed by atoms with van der Waals surface area (Å²) in [5, 5.41) is 6.56. The van der Waals surface area contributed by atoms with Crippen molar-refractivity contribution in [1.29, 1.82) is 0 Å². The van der Waals surface area contributed by atoms with E-state index in [0.717, 1.165) is 47.7 Å². The normalized spacial score (nSPS) is 13.9. The second kappa shape index (κ2) is 10.7. The molecule has 0 bridgehead atoms. The van der Waals surface area contributed by atoms with Crippen molar-refractivity contribution in [2.75, 3.05) is 31.5 Å². The fourth-order valence-corrected chi connectivity index (χ4v) is 4.40. The largest absolute Gasteiger partial charge is 0.354 e. The monoisotopic (exact) mass is 476 g/mol. The molecule has 6 nitrogen and oxygen atoms in total. The molecule has 1 aliphatic rings. The fourth-order valence-electron chi connectivity index (χ4n) is 4.21. The van der Waals surface area contributed by atoms with Crippen LogP contribution in [0.25, 0.3) is 16.7 Å². The Hall–Kier alpha value is -3.35. The fraction of sp³-hybridized carbons (Fsp3) is 0.259. The van der Waals surface area contributed by atoms with E-state index >= 15 is 0 Å². The SMILES string of the molecule is CCN(CC)CCNC(=O)c1ccc(C/C=C2\C(=O)Nc3cccc(-c4cccc(Cl)c4)c32)[nH]1. The van der Waals surface area contributed by atoms with Gasteiger partial charge in [0.2, 0.25) is 0 Å². The number of fused-ring (bicyclic) bond motifs is 1. The molecule has 3 N–H and O–H groups in total. The molecule has 0 spiro atoms. The van der Waals surface area contributed by atoms with Gasteiger partial charge in [-0.1, -0.05) is 55.8 Å². The molecule has 2 heterocycles. The number of carbonyl (C=O) groups is 2. The number of likely N-dealkylation sites (N-methyl/N-ethyl adjacent to an activating group) is 1. The third kappa shape index (κ3) is 5.24. The summed E-state index contributed by atoms with van der Waals surface area (Å²) < 4.78 is 0. The molecule has 176 valence electrons. The van der Waals surface area contributed by atoms with Crippen LogP contribution in [0.3, 0.4) is 0 Å². The highest BCUT2D eigenvalue weighted by atomic mass is 35.5. The number of nitrogens with zero attached hydrogens (tertiary/aromatic N) is 1. The minimum absolute atomic E-state index is 0.127. The molecule has 0 unspecified atom stereocenters. The van der Waals surface area contributed by atoms with Gasteiger partial charge in [-0.15, -0.1) is 0 Å². The number of amides is 2. The maximum Gasteiger partial charge on any atom is 0.267 e. The van der Waals surface area contributed by atoms with Crippen molar-refractivity contribution in [2.24, 2.45) is 0 Å². The maximum atomic E-state index is 12.8. The molecule has 0 atom stereocenters. The minimum Gasteiger partial charge on any atom is -0.354 e. The van der Waals surface area contributed by atoms with Gasteiger partial charge in [-0.25, -0.2) is 0 Å². The van der Waals surface area contributed by atoms with Crippen LogP contribution in [0.1, 0.15) is 35.6 Å². The first-order valence-electron chi connectivity index (χ1n) is 11.6. The molecule has 0 radical (unpaired) electrons. The van der Waals surface area contributed by atoms with Gasteiger partial charge in [-0.3, -0.25) is 9.59 Å². The molecular weight excluding hydrogens is 448 g/mol. The van der Waals surface area contributed by atoms with Gasteiger partial charge in [0, 0.05) is 47.1 Å². The van der Waals surface area contributed by atoms with Crippen molar-refractivity contribution < 1.29 is 9.59 Å². The van der Waals surface area contributed by atoms with Gasteiger partial charge >= 0.3 is 0 Å². The average molecular weight is 477 g/mol. The molecule has 1 aromatic heterocycles. The van der Waals surface area contributed by atoms with Gasteiger partial charge in [0.05, 0.1) is 0 Å². The van der Waals surface area contributed by atoms with Gasteiger partial charge in [-0.2, -0.15) is 0 Å². The van der Waals surface area contributed by atoms with E-state index in [4.69, 9.17) is 11.6 Å². The highest BCUT2D eigenvalue weighted by molar-refractivity contribution is 6.33. The van der Waals surface area contributed by atoms with Gasteiger partial charge in [0.1, 0.15) is 5.69 Å². The van der Waals surface area contributed by atoms with Crippen LogP contribution in [-0.2, 0) is 11.2 Å². The molecule has 0 fully saturated rings. The first-order valence-corrected chi connectivity index (χ1v) is 12.0. The number of carbonyl (C=O) groups excluding carboxylic acids is 2. The molecule has 34 heavy (non-hydrogen) atoms. The summed E-state index contributed by atoms with van der Waals surface area (Å²) in [7, 11) is 0. The predicted molar refractivity (Wildman–Crippen MR) is 138 cm³/mol. The van der Waals surface area contributed by atoms with Gasteiger partial charge in [0.25, 0.3) is 11.8 Å². The van der Waals surface area contributed by atoms with Crippen LogP contribution in [0.15, 0.2) is 60.7 Å². The first-order chi connectivity index (χ1) is 16.5. The Morgan fingerprint density at radius 2 is 1.88 bits per heavy atom. The quantitative estimate of drug-likeness (QED) is 0.381. The topological polar surface area (TPSA) is 77.2 Å². The number of aromatic nitrogens is 1. The lowest BCUT2D eigenvalue weighted by atomic mass is 9.94. The number of halogens is 1. The van der Waals surface area contributed by atoms with Gasteiger partial charge < -0.3 is 20.5 Å². The zero-order valence-electron chi connectivity index (χ0n) is 19.5. The number of rotatable bonds is 9. The zero-order chi connectivity index (χ0) is 24.1. The summed E-state index contributed by atoms with van der Waals surface area (Å²) in [5.74, 6) is -0.260. The van der Waals surface area contributed by atoms with Crippen LogP contribution >= 0.6 is 11.6 Å². The molecule has 0 saturated heterocycles. The Balaban J connectivity index is 1.49. The summed E-state index contributed by atoms with van der Waals surface area (Å²) in [6, 6.07) is 17.1. The van der Waals surface area contributed by atoms with Crippen molar-refractivity contribution in [2.45, 2.75) is 20.3 Å². The zero-order valence-corrected chi connectivity index (χ0v) is 20.2. The highest BCUT2D eigenvalue weighted by Crippen LogP contribution is 2.40. The summed E-state index contributed by atoms with van der Waals surface area (Å²) >= 11 is 6.21. The Kier molecular flexibility index (Phi) is 7.50. The third-order valence-electron chi connectivity index (χ3n) is 6.09. The number of H-pyrrole nitrogens is 1. The molecule has 0 aliphatic carbocycles. The Labute approximate surface area is 205 Å². The molecular formula is C27H29ClN4O2. The second-order valence-electron chi connectivity index (χ2n) is 8.19. The molecule has 2 amide bonds. The highest BCUT2D eigenvalue weighted by Gasteiger charge is 2.27. The third-order valence-corrected chi connectivity index (χ3v) is 6.32. The molecule has 7 heteroatoms. The van der Waals surface area contributed by atoms with Crippen molar-refractivity contribution >= 4 is 34.7 Å². The van der Waals surface area contributed by atoms with Crippen LogP contribution in [0, 0.1) is 0 Å². The van der Waals surface area contributed by atoms with Crippen LogP contribution in [0.5, 0.6) is 0 Å². The number of nitrogens with one attached hydrogen (secondary N) is 3. The predicted octanol–water partition coefficient (Wildman–Crippen LogP) is 4.98. The van der Waals surface area contributed by atoms with E-state index in [2.05, 4.69) is 34.4 Å². The second-order valence-corrected chi connectivity index (χ2v) is 8.63. The van der Waals surface area contributed by atoms with E-state index in [0.29, 0.717) is 29.3 Å². The summed E-state index contributed by atoms with van der Waals surface area (Å²) in [6.45, 7) is 7.56. The van der Waals surface area contributed by atoms with Crippen molar-refractivity contribution in [1.82, 2.24) is 15.2 Å². The lowest BCUT2D eigenvalue weighted by Gasteiger charge is -2.17. The Bertz CT molecular complexity index is 1230. The number of allylic oxidation sites excluding steroid dienone is 1. The average Bonchev–Trinajstić information content (AvgIpc) is 3.44. The van der Waals surface area contributed by atoms with E-state index in [9.17, 15) is 9.59 Å². The van der Waals surface area contributed by atoms with Gasteiger partial charge in [-0.05, 0) is 54.5 Å².